The van der Waals surface area contributed by atoms with Gasteiger partial charge in [-0.3, -0.25) is 9.80 Å². The van der Waals surface area contributed by atoms with Crippen molar-refractivity contribution in [2.24, 2.45) is 15.6 Å². The van der Waals surface area contributed by atoms with Gasteiger partial charge >= 0.3 is 6.09 Å². The molecule has 2 aromatic carbocycles. The van der Waals surface area contributed by atoms with E-state index < -0.39 is 17.4 Å². The Kier molecular flexibility index (Phi) is 5.50. The average Bonchev–Trinajstić information content (AvgIpc) is 3.60. The highest BCUT2D eigenvalue weighted by Crippen LogP contribution is 2.50. The van der Waals surface area contributed by atoms with E-state index in [1.165, 1.54) is 12.1 Å². The maximum Gasteiger partial charge on any atom is 0.407 e. The molecular formula is C28H30FN5O4. The van der Waals surface area contributed by atoms with Crippen LogP contribution in [0.3, 0.4) is 0 Å². The Hall–Kier alpha value is -3.92. The quantitative estimate of drug-likeness (QED) is 0.333. The summed E-state index contributed by atoms with van der Waals surface area (Å²) in [5, 5.41) is 25.4. The van der Waals surface area contributed by atoms with Gasteiger partial charge in [0.2, 0.25) is 0 Å². The highest BCUT2D eigenvalue weighted by atomic mass is 19.1. The first-order valence-corrected chi connectivity index (χ1v) is 12.7. The predicted molar refractivity (Wildman–Crippen MR) is 142 cm³/mol. The van der Waals surface area contributed by atoms with E-state index in [-0.39, 0.29) is 17.3 Å². The van der Waals surface area contributed by atoms with E-state index in [4.69, 9.17) is 9.83 Å². The Morgan fingerprint density at radius 3 is 2.84 bits per heavy atom. The van der Waals surface area contributed by atoms with Crippen LogP contribution in [0, 0.1) is 11.2 Å². The lowest BCUT2D eigenvalue weighted by atomic mass is 9.73. The van der Waals surface area contributed by atoms with E-state index in [1.807, 2.05) is 24.3 Å². The van der Waals surface area contributed by atoms with E-state index in [0.717, 1.165) is 12.0 Å². The number of oxime groups is 1. The van der Waals surface area contributed by atoms with Crippen molar-refractivity contribution in [3.8, 4) is 5.88 Å². The second-order valence-electron chi connectivity index (χ2n) is 11.3. The lowest BCUT2D eigenvalue weighted by Crippen LogP contribution is -2.61. The zero-order valence-corrected chi connectivity index (χ0v) is 21.5. The zero-order valence-electron chi connectivity index (χ0n) is 21.5. The largest absolute Gasteiger partial charge is 0.494 e. The van der Waals surface area contributed by atoms with Gasteiger partial charge in [-0.15, -0.1) is 0 Å². The molecule has 0 saturated carbocycles. The van der Waals surface area contributed by atoms with E-state index >= 15 is 0 Å². The molecule has 38 heavy (non-hydrogen) atoms. The van der Waals surface area contributed by atoms with Gasteiger partial charge in [0.05, 0.1) is 16.8 Å². The molecule has 3 N–H and O–H groups in total. The monoisotopic (exact) mass is 519 g/mol. The first-order chi connectivity index (χ1) is 18.1. The van der Waals surface area contributed by atoms with Gasteiger partial charge in [-0.25, -0.2) is 14.2 Å². The fourth-order valence-corrected chi connectivity index (χ4v) is 6.28. The van der Waals surface area contributed by atoms with Crippen molar-refractivity contribution in [2.45, 2.75) is 38.8 Å². The number of H-pyrrole nitrogens is 1. The summed E-state index contributed by atoms with van der Waals surface area (Å²) >= 11 is 0. The molecule has 4 heterocycles. The van der Waals surface area contributed by atoms with Crippen molar-refractivity contribution in [3.05, 3.63) is 59.4 Å². The van der Waals surface area contributed by atoms with E-state index in [0.29, 0.717) is 59.8 Å². The van der Waals surface area contributed by atoms with Crippen LogP contribution >= 0.6 is 0 Å². The molecule has 2 saturated heterocycles. The molecule has 3 aliphatic rings. The second-order valence-corrected chi connectivity index (χ2v) is 11.3. The minimum absolute atomic E-state index is 0.117. The first kappa shape index (κ1) is 24.4. The highest BCUT2D eigenvalue weighted by Gasteiger charge is 2.61. The van der Waals surface area contributed by atoms with Crippen LogP contribution in [-0.4, -0.2) is 80.3 Å². The number of fused-ring (bicyclic) bond motifs is 4. The number of aromatic hydroxyl groups is 1. The number of nitrogens with zero attached hydrogens (tertiary/aromatic N) is 4. The molecule has 3 aliphatic heterocycles. The summed E-state index contributed by atoms with van der Waals surface area (Å²) in [4.78, 5) is 29.2. The molecule has 0 unspecified atom stereocenters. The average molecular weight is 520 g/mol. The fourth-order valence-electron chi connectivity index (χ4n) is 6.28. The Balaban J connectivity index is 1.23. The third kappa shape index (κ3) is 3.65. The number of carboxylic acid groups (broad SMARTS) is 1. The molecule has 1 aromatic heterocycles. The predicted octanol–water partition coefficient (Wildman–Crippen LogP) is 4.72. The van der Waals surface area contributed by atoms with Crippen LogP contribution in [0.5, 0.6) is 5.88 Å². The van der Waals surface area contributed by atoms with Crippen molar-refractivity contribution in [3.63, 3.8) is 0 Å². The fraction of sp³-hybridized carbons (Fsp3) is 0.393. The summed E-state index contributed by atoms with van der Waals surface area (Å²) in [7, 11) is 0. The number of benzene rings is 2. The van der Waals surface area contributed by atoms with Gasteiger partial charge in [-0.05, 0) is 36.1 Å². The van der Waals surface area contributed by atoms with Gasteiger partial charge in [-0.1, -0.05) is 44.1 Å². The number of halogens is 1. The van der Waals surface area contributed by atoms with Gasteiger partial charge < -0.3 is 20.0 Å². The molecule has 9 nitrogen and oxygen atoms in total. The summed E-state index contributed by atoms with van der Waals surface area (Å²) in [5.74, 6) is -0.536. The highest BCUT2D eigenvalue weighted by molar-refractivity contribution is 6.58. The molecule has 2 fully saturated rings. The van der Waals surface area contributed by atoms with E-state index in [1.54, 1.807) is 11.0 Å². The minimum atomic E-state index is -0.864. The number of para-hydroxylation sites is 1. The van der Waals surface area contributed by atoms with Gasteiger partial charge in [0.15, 0.2) is 5.88 Å². The lowest BCUT2D eigenvalue weighted by Gasteiger charge is -2.48. The van der Waals surface area contributed by atoms with Gasteiger partial charge in [0.1, 0.15) is 23.8 Å². The molecule has 0 spiro atoms. The Morgan fingerprint density at radius 1 is 1.29 bits per heavy atom. The van der Waals surface area contributed by atoms with Crippen molar-refractivity contribution in [2.75, 3.05) is 26.2 Å². The van der Waals surface area contributed by atoms with Crippen LogP contribution in [0.4, 0.5) is 14.9 Å². The first-order valence-electron chi connectivity index (χ1n) is 12.7. The normalized spacial score (nSPS) is 23.9. The van der Waals surface area contributed by atoms with Crippen LogP contribution < -0.4 is 0 Å². The second kappa shape index (κ2) is 8.56. The van der Waals surface area contributed by atoms with Crippen LogP contribution in [0.2, 0.25) is 0 Å². The summed E-state index contributed by atoms with van der Waals surface area (Å²) in [6.07, 6.45) is -0.0606. The number of likely N-dealkylation sites (tertiary alicyclic amines) is 2. The molecule has 2 bridgehead atoms. The smallest absolute Gasteiger partial charge is 0.407 e. The van der Waals surface area contributed by atoms with Crippen molar-refractivity contribution in [1.82, 2.24) is 14.8 Å². The number of aromatic amines is 1. The Labute approximate surface area is 219 Å². The summed E-state index contributed by atoms with van der Waals surface area (Å²) < 4.78 is 14.1. The number of aliphatic imine (C=N–C) groups is 1. The minimum Gasteiger partial charge on any atom is -0.494 e. The van der Waals surface area contributed by atoms with Crippen LogP contribution in [0.25, 0.3) is 10.9 Å². The molecule has 0 aliphatic carbocycles. The van der Waals surface area contributed by atoms with Crippen molar-refractivity contribution < 1.29 is 24.2 Å². The maximum atomic E-state index is 14.1. The molecule has 2 atom stereocenters. The van der Waals surface area contributed by atoms with E-state index in [9.17, 15) is 19.4 Å². The van der Waals surface area contributed by atoms with Crippen molar-refractivity contribution in [1.29, 1.82) is 0 Å². The molecule has 198 valence electrons. The number of hydrogen-bond donors (Lipinski definition) is 3. The topological polar surface area (TPSA) is 114 Å². The molecule has 10 heteroatoms. The number of nitrogens with one attached hydrogen (secondary N) is 1. The molecule has 6 rings (SSSR count). The van der Waals surface area contributed by atoms with Crippen LogP contribution in [0.15, 0.2) is 52.6 Å². The van der Waals surface area contributed by atoms with Crippen LogP contribution in [-0.2, 0) is 4.84 Å². The molecule has 0 radical (unpaired) electrons. The number of hydrogen-bond acceptors (Lipinski definition) is 6. The van der Waals surface area contributed by atoms with Gasteiger partial charge in [-0.2, -0.15) is 0 Å². The third-order valence-corrected chi connectivity index (χ3v) is 8.31. The number of aromatic nitrogens is 1. The number of carbonyl (C=O) groups is 1. The standard InChI is InChI=1S/C28H30FN5O4/c1-27(2,3)28-13-17(14-34(28)26(36)37)33(15-28)10-11-38-32-23-18-6-4-5-7-20(18)30-24(23)22-19-12-16(29)8-9-21(19)31-25(22)35/h4-9,12,17,31,35H,10-11,13-15H2,1-3H3,(H,36,37)/b32-23+/t17-,28+/m1/s1. The SMILES string of the molecule is CC(C)(C)[C@@]12C[C@H](CN1C(=O)O)N(CCO/N=C1/C(c3c(O)[nH]c4ccc(F)cc34)=Nc3ccccc31)C2. The molecule has 3 aromatic rings. The Bertz CT molecular complexity index is 1510. The van der Waals surface area contributed by atoms with E-state index in [2.05, 4.69) is 35.8 Å². The maximum absolute atomic E-state index is 14.1. The number of amides is 1. The third-order valence-electron chi connectivity index (χ3n) is 8.31. The molecule has 1 amide bonds. The lowest BCUT2D eigenvalue weighted by molar-refractivity contribution is -0.00398. The summed E-state index contributed by atoms with van der Waals surface area (Å²) in [5.41, 5.74) is 2.65. The number of rotatable bonds is 5. The van der Waals surface area contributed by atoms with Crippen molar-refractivity contribution >= 4 is 34.1 Å². The van der Waals surface area contributed by atoms with Gasteiger partial charge in [0, 0.05) is 42.1 Å². The summed E-state index contributed by atoms with van der Waals surface area (Å²) in [6, 6.07) is 11.9. The van der Waals surface area contributed by atoms with Gasteiger partial charge in [0.25, 0.3) is 0 Å². The summed E-state index contributed by atoms with van der Waals surface area (Å²) in [6.45, 7) is 8.34. The van der Waals surface area contributed by atoms with Crippen LogP contribution in [0.1, 0.15) is 38.3 Å². The number of piperazine rings is 1. The Morgan fingerprint density at radius 2 is 2.08 bits per heavy atom. The zero-order chi connectivity index (χ0) is 26.8. The molecular weight excluding hydrogens is 489 g/mol.